The van der Waals surface area contributed by atoms with Crippen molar-refractivity contribution < 1.29 is 4.74 Å². The molecule has 110 valence electrons. The van der Waals surface area contributed by atoms with Gasteiger partial charge in [-0.25, -0.2) is 0 Å². The van der Waals surface area contributed by atoms with E-state index in [1.165, 1.54) is 37.1 Å². The van der Waals surface area contributed by atoms with Gasteiger partial charge in [0.25, 0.3) is 0 Å². The fourth-order valence-electron chi connectivity index (χ4n) is 3.41. The summed E-state index contributed by atoms with van der Waals surface area (Å²) in [5.74, 6) is 1.09. The highest BCUT2D eigenvalue weighted by Gasteiger charge is 2.19. The minimum absolute atomic E-state index is 0.728. The predicted molar refractivity (Wildman–Crippen MR) is 82.5 cm³/mol. The number of piperidine rings is 1. The molecule has 0 saturated carbocycles. The molecular weight excluding hydrogens is 248 g/mol. The summed E-state index contributed by atoms with van der Waals surface area (Å²) in [6.07, 6.45) is 4.89. The number of likely N-dealkylation sites (N-methyl/N-ethyl adjacent to an activating group) is 1. The topological polar surface area (TPSA) is 24.5 Å². The molecule has 0 spiro atoms. The lowest BCUT2D eigenvalue weighted by molar-refractivity contribution is 0.176. The van der Waals surface area contributed by atoms with Crippen LogP contribution in [0.25, 0.3) is 0 Å². The quantitative estimate of drug-likeness (QED) is 0.891. The van der Waals surface area contributed by atoms with Crippen molar-refractivity contribution >= 4 is 0 Å². The van der Waals surface area contributed by atoms with E-state index >= 15 is 0 Å². The van der Waals surface area contributed by atoms with Crippen molar-refractivity contribution in [1.82, 2.24) is 10.2 Å². The minimum Gasteiger partial charge on any atom is -0.493 e. The number of nitrogens with one attached hydrogen (secondary N) is 1. The Morgan fingerprint density at radius 3 is 3.15 bits per heavy atom. The summed E-state index contributed by atoms with van der Waals surface area (Å²) in [5.41, 5.74) is 2.85. The van der Waals surface area contributed by atoms with Gasteiger partial charge in [0, 0.05) is 25.6 Å². The van der Waals surface area contributed by atoms with Gasteiger partial charge in [-0.05, 0) is 49.5 Å². The predicted octanol–water partition coefficient (Wildman–Crippen LogP) is 2.24. The Morgan fingerprint density at radius 2 is 2.35 bits per heavy atom. The van der Waals surface area contributed by atoms with E-state index < -0.39 is 0 Å². The molecule has 0 aromatic heterocycles. The maximum absolute atomic E-state index is 5.58. The van der Waals surface area contributed by atoms with Crippen LogP contribution < -0.4 is 10.1 Å². The lowest BCUT2D eigenvalue weighted by atomic mass is 10.0. The Kier molecular flexibility index (Phi) is 4.58. The van der Waals surface area contributed by atoms with Crippen LogP contribution in [0.5, 0.6) is 5.75 Å². The molecule has 1 aromatic carbocycles. The summed E-state index contributed by atoms with van der Waals surface area (Å²) in [5, 5.41) is 3.52. The first-order valence-electron chi connectivity index (χ1n) is 8.06. The molecule has 0 radical (unpaired) electrons. The van der Waals surface area contributed by atoms with Gasteiger partial charge in [-0.1, -0.05) is 19.1 Å². The number of rotatable bonds is 5. The second-order valence-corrected chi connectivity index (χ2v) is 5.92. The highest BCUT2D eigenvalue weighted by Crippen LogP contribution is 2.26. The molecule has 1 saturated heterocycles. The van der Waals surface area contributed by atoms with Gasteiger partial charge in [0.15, 0.2) is 0 Å². The molecule has 1 N–H and O–H groups in total. The first kappa shape index (κ1) is 13.9. The van der Waals surface area contributed by atoms with Crippen LogP contribution in [0.2, 0.25) is 0 Å². The average Bonchev–Trinajstić information content (AvgIpc) is 2.96. The Bertz CT molecular complexity index is 441. The van der Waals surface area contributed by atoms with E-state index in [0.29, 0.717) is 0 Å². The monoisotopic (exact) mass is 274 g/mol. The van der Waals surface area contributed by atoms with Gasteiger partial charge >= 0.3 is 0 Å². The second-order valence-electron chi connectivity index (χ2n) is 5.92. The van der Waals surface area contributed by atoms with Crippen molar-refractivity contribution in [2.45, 2.75) is 38.6 Å². The third-order valence-electron chi connectivity index (χ3n) is 4.63. The number of hydrogen-bond acceptors (Lipinski definition) is 3. The lowest BCUT2D eigenvalue weighted by Crippen LogP contribution is -2.46. The highest BCUT2D eigenvalue weighted by atomic mass is 16.5. The zero-order chi connectivity index (χ0) is 13.8. The third-order valence-corrected chi connectivity index (χ3v) is 4.63. The Morgan fingerprint density at radius 1 is 1.40 bits per heavy atom. The van der Waals surface area contributed by atoms with Crippen molar-refractivity contribution in [3.8, 4) is 5.75 Å². The first-order valence-corrected chi connectivity index (χ1v) is 8.06. The zero-order valence-electron chi connectivity index (χ0n) is 12.5. The lowest BCUT2D eigenvalue weighted by Gasteiger charge is -2.34. The van der Waals surface area contributed by atoms with Crippen LogP contribution in [0.1, 0.15) is 30.9 Å². The van der Waals surface area contributed by atoms with Gasteiger partial charge in [-0.2, -0.15) is 0 Å². The number of fused-ring (bicyclic) bond motifs is 1. The van der Waals surface area contributed by atoms with Crippen LogP contribution in [-0.4, -0.2) is 43.7 Å². The molecule has 1 fully saturated rings. The minimum atomic E-state index is 0.728. The standard InChI is InChI=1S/C17H26N2O/c1-2-19(16-4-3-9-18-13-16)10-7-14-5-6-17-15(12-14)8-11-20-17/h5-6,12,16,18H,2-4,7-11,13H2,1H3. The molecule has 2 heterocycles. The Hall–Kier alpha value is -1.06. The van der Waals surface area contributed by atoms with E-state index in [-0.39, 0.29) is 0 Å². The van der Waals surface area contributed by atoms with Crippen molar-refractivity contribution in [3.05, 3.63) is 29.3 Å². The summed E-state index contributed by atoms with van der Waals surface area (Å²) in [7, 11) is 0. The Labute approximate surface area is 122 Å². The van der Waals surface area contributed by atoms with E-state index in [1.54, 1.807) is 0 Å². The van der Waals surface area contributed by atoms with Gasteiger partial charge in [0.1, 0.15) is 5.75 Å². The van der Waals surface area contributed by atoms with Crippen LogP contribution in [0, 0.1) is 0 Å². The summed E-state index contributed by atoms with van der Waals surface area (Å²) in [6, 6.07) is 7.45. The molecule has 3 rings (SSSR count). The molecule has 3 nitrogen and oxygen atoms in total. The average molecular weight is 274 g/mol. The fourth-order valence-corrected chi connectivity index (χ4v) is 3.41. The van der Waals surface area contributed by atoms with E-state index in [9.17, 15) is 0 Å². The number of ether oxygens (including phenoxy) is 1. The van der Waals surface area contributed by atoms with Crippen LogP contribution in [0.15, 0.2) is 18.2 Å². The molecule has 20 heavy (non-hydrogen) atoms. The summed E-state index contributed by atoms with van der Waals surface area (Å²) in [4.78, 5) is 2.63. The summed E-state index contributed by atoms with van der Waals surface area (Å²) in [6.45, 7) is 7.81. The maximum atomic E-state index is 5.58. The first-order chi connectivity index (χ1) is 9.86. The van der Waals surface area contributed by atoms with Gasteiger partial charge < -0.3 is 10.1 Å². The van der Waals surface area contributed by atoms with E-state index in [2.05, 4.69) is 35.3 Å². The van der Waals surface area contributed by atoms with E-state index in [0.717, 1.165) is 44.3 Å². The molecule has 0 aliphatic carbocycles. The Balaban J connectivity index is 1.57. The number of hydrogen-bond donors (Lipinski definition) is 1. The molecule has 0 amide bonds. The smallest absolute Gasteiger partial charge is 0.122 e. The highest BCUT2D eigenvalue weighted by molar-refractivity contribution is 5.39. The van der Waals surface area contributed by atoms with Crippen LogP contribution >= 0.6 is 0 Å². The van der Waals surface area contributed by atoms with Crippen molar-refractivity contribution in [2.75, 3.05) is 32.8 Å². The maximum Gasteiger partial charge on any atom is 0.122 e. The van der Waals surface area contributed by atoms with Crippen LogP contribution in [-0.2, 0) is 12.8 Å². The van der Waals surface area contributed by atoms with Crippen LogP contribution in [0.4, 0.5) is 0 Å². The third kappa shape index (κ3) is 3.15. The number of nitrogens with zero attached hydrogens (tertiary/aromatic N) is 1. The van der Waals surface area contributed by atoms with Gasteiger partial charge in [-0.15, -0.1) is 0 Å². The molecule has 1 aromatic rings. The molecule has 1 unspecified atom stereocenters. The van der Waals surface area contributed by atoms with Crippen molar-refractivity contribution in [2.24, 2.45) is 0 Å². The molecule has 3 heteroatoms. The van der Waals surface area contributed by atoms with E-state index in [4.69, 9.17) is 4.74 Å². The van der Waals surface area contributed by atoms with Gasteiger partial charge in [0.05, 0.1) is 6.61 Å². The molecular formula is C17H26N2O. The molecule has 2 aliphatic heterocycles. The van der Waals surface area contributed by atoms with Crippen molar-refractivity contribution in [1.29, 1.82) is 0 Å². The van der Waals surface area contributed by atoms with Crippen LogP contribution in [0.3, 0.4) is 0 Å². The molecule has 1 atom stereocenters. The molecule has 2 aliphatic rings. The summed E-state index contributed by atoms with van der Waals surface area (Å²) >= 11 is 0. The summed E-state index contributed by atoms with van der Waals surface area (Å²) < 4.78 is 5.58. The molecule has 0 bridgehead atoms. The second kappa shape index (κ2) is 6.59. The number of benzene rings is 1. The fraction of sp³-hybridized carbons (Fsp3) is 0.647. The van der Waals surface area contributed by atoms with Gasteiger partial charge in [0.2, 0.25) is 0 Å². The SMILES string of the molecule is CCN(CCc1ccc2c(c1)CCO2)C1CCCNC1. The van der Waals surface area contributed by atoms with Gasteiger partial charge in [-0.3, -0.25) is 4.90 Å². The van der Waals surface area contributed by atoms with E-state index in [1.807, 2.05) is 0 Å². The van der Waals surface area contributed by atoms with Crippen molar-refractivity contribution in [3.63, 3.8) is 0 Å². The normalized spacial score (nSPS) is 21.8. The largest absolute Gasteiger partial charge is 0.493 e. The zero-order valence-corrected chi connectivity index (χ0v) is 12.5.